The molecule has 0 spiro atoms. The van der Waals surface area contributed by atoms with E-state index in [1.54, 1.807) is 0 Å². The van der Waals surface area contributed by atoms with Gasteiger partial charge in [0.25, 0.3) is 0 Å². The number of nitrogens with one attached hydrogen (secondary N) is 1. The van der Waals surface area contributed by atoms with E-state index in [1.807, 2.05) is 13.8 Å². The minimum absolute atomic E-state index is 0. The number of amides is 1. The van der Waals surface area contributed by atoms with Crippen LogP contribution in [0.4, 0.5) is 13.2 Å². The molecule has 3 atom stereocenters. The second kappa shape index (κ2) is 7.02. The second-order valence-electron chi connectivity index (χ2n) is 7.47. The summed E-state index contributed by atoms with van der Waals surface area (Å²) < 4.78 is 45.0. The number of carbonyl (C=O) groups excluding carboxylic acids is 1. The summed E-state index contributed by atoms with van der Waals surface area (Å²) in [4.78, 5) is 12.8. The Hall–Kier alpha value is -1.31. The Balaban J connectivity index is 0.00000243. The topological polar surface area (TPSA) is 64.3 Å². The van der Waals surface area contributed by atoms with E-state index in [2.05, 4.69) is 5.32 Å². The van der Waals surface area contributed by atoms with Crippen molar-refractivity contribution in [2.45, 2.75) is 51.1 Å². The van der Waals surface area contributed by atoms with Gasteiger partial charge in [0.1, 0.15) is 5.54 Å². The summed E-state index contributed by atoms with van der Waals surface area (Å²) in [6.45, 7) is 4.20. The van der Waals surface area contributed by atoms with Gasteiger partial charge in [0, 0.05) is 24.5 Å². The van der Waals surface area contributed by atoms with E-state index >= 15 is 0 Å². The highest BCUT2D eigenvalue weighted by molar-refractivity contribution is 5.89. The largest absolute Gasteiger partial charge is 0.416 e. The molecule has 1 amide bonds. The first kappa shape index (κ1) is 21.0. The monoisotopic (exact) mass is 392 g/mol. The van der Waals surface area contributed by atoms with Gasteiger partial charge >= 0.3 is 6.18 Å². The van der Waals surface area contributed by atoms with Crippen LogP contribution in [0.3, 0.4) is 0 Å². The number of carbonyl (C=O) groups is 1. The van der Waals surface area contributed by atoms with Crippen LogP contribution in [0.5, 0.6) is 0 Å². The molecule has 2 aliphatic rings. The smallest absolute Gasteiger partial charge is 0.377 e. The van der Waals surface area contributed by atoms with Gasteiger partial charge in [0.2, 0.25) is 5.91 Å². The van der Waals surface area contributed by atoms with Crippen LogP contribution in [0, 0.1) is 11.3 Å². The van der Waals surface area contributed by atoms with Crippen LogP contribution in [-0.2, 0) is 22.3 Å². The molecular weight excluding hydrogens is 369 g/mol. The summed E-state index contributed by atoms with van der Waals surface area (Å²) in [5.41, 5.74) is 4.04. The van der Waals surface area contributed by atoms with Crippen molar-refractivity contribution in [3.63, 3.8) is 0 Å². The van der Waals surface area contributed by atoms with Crippen molar-refractivity contribution >= 4 is 18.3 Å². The van der Waals surface area contributed by atoms with Crippen molar-refractivity contribution in [2.24, 2.45) is 17.1 Å². The first-order chi connectivity index (χ1) is 11.6. The molecule has 1 aromatic rings. The minimum Gasteiger partial charge on any atom is -0.377 e. The van der Waals surface area contributed by atoms with E-state index in [9.17, 15) is 18.0 Å². The van der Waals surface area contributed by atoms with Gasteiger partial charge in [-0.3, -0.25) is 4.79 Å². The number of fused-ring (bicyclic) bond motifs is 1. The summed E-state index contributed by atoms with van der Waals surface area (Å²) in [5.74, 6) is -0.518. The lowest BCUT2D eigenvalue weighted by atomic mass is 9.46. The Bertz CT molecular complexity index is 681. The maximum Gasteiger partial charge on any atom is 0.416 e. The molecule has 1 heterocycles. The van der Waals surface area contributed by atoms with Crippen molar-refractivity contribution in [3.8, 4) is 0 Å². The third-order valence-corrected chi connectivity index (χ3v) is 5.82. The van der Waals surface area contributed by atoms with Crippen molar-refractivity contribution in [3.05, 3.63) is 35.4 Å². The van der Waals surface area contributed by atoms with Crippen LogP contribution in [0.25, 0.3) is 0 Å². The number of alkyl halides is 3. The van der Waals surface area contributed by atoms with Crippen molar-refractivity contribution in [2.75, 3.05) is 6.61 Å². The average molecular weight is 393 g/mol. The third kappa shape index (κ3) is 3.10. The molecule has 1 aliphatic heterocycles. The Morgan fingerprint density at radius 3 is 2.65 bits per heavy atom. The highest BCUT2D eigenvalue weighted by atomic mass is 35.5. The fourth-order valence-electron chi connectivity index (χ4n) is 4.31. The average Bonchev–Trinajstić information content (AvgIpc) is 2.58. The van der Waals surface area contributed by atoms with E-state index in [0.717, 1.165) is 18.9 Å². The van der Waals surface area contributed by atoms with Crippen molar-refractivity contribution < 1.29 is 22.7 Å². The molecule has 1 aromatic carbocycles. The standard InChI is InChI=1S/C18H23F3N2O2.ClH/c1-16(2)14-13(8-5-9-25-14)17(16,22)15(24)23-10-11-6-3-4-7-12(11)18(19,20)21;/h3-4,6-7,13-14H,5,8-10,22H2,1-2H3,(H,23,24);1H. The number of hydrogen-bond donors (Lipinski definition) is 2. The molecule has 1 saturated carbocycles. The molecule has 3 rings (SSSR count). The third-order valence-electron chi connectivity index (χ3n) is 5.82. The maximum atomic E-state index is 13.1. The summed E-state index contributed by atoms with van der Waals surface area (Å²) in [5, 5.41) is 2.62. The Kier molecular flexibility index (Phi) is 5.67. The second-order valence-corrected chi connectivity index (χ2v) is 7.47. The summed E-state index contributed by atoms with van der Waals surface area (Å²) in [7, 11) is 0. The normalized spacial score (nSPS) is 29.8. The van der Waals surface area contributed by atoms with Crippen LogP contribution in [0.2, 0.25) is 0 Å². The zero-order chi connectivity index (χ0) is 18.5. The zero-order valence-corrected chi connectivity index (χ0v) is 15.5. The quantitative estimate of drug-likeness (QED) is 0.829. The molecule has 3 N–H and O–H groups in total. The van der Waals surface area contributed by atoms with Crippen molar-refractivity contribution in [1.29, 1.82) is 0 Å². The van der Waals surface area contributed by atoms with E-state index in [-0.39, 0.29) is 36.5 Å². The van der Waals surface area contributed by atoms with Crippen LogP contribution in [0.15, 0.2) is 24.3 Å². The molecule has 146 valence electrons. The van der Waals surface area contributed by atoms with Crippen LogP contribution >= 0.6 is 12.4 Å². The first-order valence-corrected chi connectivity index (χ1v) is 8.44. The Morgan fingerprint density at radius 1 is 1.35 bits per heavy atom. The van der Waals surface area contributed by atoms with Crippen LogP contribution in [-0.4, -0.2) is 24.2 Å². The van der Waals surface area contributed by atoms with Crippen LogP contribution < -0.4 is 11.1 Å². The van der Waals surface area contributed by atoms with Gasteiger partial charge in [0.15, 0.2) is 0 Å². The van der Waals surface area contributed by atoms with Gasteiger partial charge in [-0.2, -0.15) is 13.2 Å². The number of nitrogens with two attached hydrogens (primary N) is 1. The van der Waals surface area contributed by atoms with Gasteiger partial charge in [-0.05, 0) is 24.5 Å². The molecule has 0 radical (unpaired) electrons. The number of ether oxygens (including phenoxy) is 1. The molecule has 0 bridgehead atoms. The fraction of sp³-hybridized carbons (Fsp3) is 0.611. The summed E-state index contributed by atoms with van der Waals surface area (Å²) in [6, 6.07) is 5.23. The maximum absolute atomic E-state index is 13.1. The van der Waals surface area contributed by atoms with E-state index in [4.69, 9.17) is 10.5 Å². The van der Waals surface area contributed by atoms with Crippen LogP contribution in [0.1, 0.15) is 37.8 Å². The van der Waals surface area contributed by atoms with Gasteiger partial charge in [-0.1, -0.05) is 32.0 Å². The fourth-order valence-corrected chi connectivity index (χ4v) is 4.31. The minimum atomic E-state index is -4.46. The summed E-state index contributed by atoms with van der Waals surface area (Å²) >= 11 is 0. The van der Waals surface area contributed by atoms with Crippen molar-refractivity contribution in [1.82, 2.24) is 5.32 Å². The molecule has 1 saturated heterocycles. The molecule has 26 heavy (non-hydrogen) atoms. The molecule has 8 heteroatoms. The number of rotatable bonds is 3. The SMILES string of the molecule is CC1(C)C2OCCCC2C1(N)C(=O)NCc1ccccc1C(F)(F)F.Cl. The Morgan fingerprint density at radius 2 is 2.00 bits per heavy atom. The number of hydrogen-bond acceptors (Lipinski definition) is 3. The zero-order valence-electron chi connectivity index (χ0n) is 14.7. The van der Waals surface area contributed by atoms with E-state index in [1.165, 1.54) is 18.2 Å². The molecule has 0 aromatic heterocycles. The number of halogens is 4. The predicted octanol–water partition coefficient (Wildman–Crippen LogP) is 3.28. The summed E-state index contributed by atoms with van der Waals surface area (Å²) in [6.07, 6.45) is -2.92. The number of benzene rings is 1. The molecule has 2 fully saturated rings. The molecular formula is C18H24ClF3N2O2. The highest BCUT2D eigenvalue weighted by Crippen LogP contribution is 2.57. The van der Waals surface area contributed by atoms with Gasteiger partial charge < -0.3 is 15.8 Å². The lowest BCUT2D eigenvalue weighted by molar-refractivity contribution is -0.225. The first-order valence-electron chi connectivity index (χ1n) is 8.44. The van der Waals surface area contributed by atoms with Gasteiger partial charge in [0.05, 0.1) is 11.7 Å². The highest BCUT2D eigenvalue weighted by Gasteiger charge is 2.70. The predicted molar refractivity (Wildman–Crippen MR) is 93.7 cm³/mol. The molecule has 4 nitrogen and oxygen atoms in total. The Labute approximate surface area is 157 Å². The van der Waals surface area contributed by atoms with E-state index < -0.39 is 28.6 Å². The van der Waals surface area contributed by atoms with Gasteiger partial charge in [-0.25, -0.2) is 0 Å². The van der Waals surface area contributed by atoms with Gasteiger partial charge in [-0.15, -0.1) is 12.4 Å². The molecule has 3 unspecified atom stereocenters. The van der Waals surface area contributed by atoms with E-state index in [0.29, 0.717) is 6.61 Å². The lowest BCUT2D eigenvalue weighted by Gasteiger charge is -2.65. The lowest BCUT2D eigenvalue weighted by Crippen LogP contribution is -2.82. The molecule has 1 aliphatic carbocycles.